The Kier molecular flexibility index (Phi) is 4.26. The maximum atomic E-state index is 9.27. The second kappa shape index (κ2) is 5.53. The molecule has 94 valence electrons. The third-order valence-electron chi connectivity index (χ3n) is 3.22. The molecule has 0 spiro atoms. The Balaban J connectivity index is 2.18. The molecule has 1 aliphatic rings. The monoisotopic (exact) mass is 274 g/mol. The number of aryl methyl sites for hydroxylation is 1. The van der Waals surface area contributed by atoms with Gasteiger partial charge in [0.1, 0.15) is 5.15 Å². The molecule has 1 aromatic rings. The van der Waals surface area contributed by atoms with Gasteiger partial charge in [0, 0.05) is 28.9 Å². The van der Waals surface area contributed by atoms with Crippen molar-refractivity contribution in [3.05, 3.63) is 27.5 Å². The standard InChI is InChI=1S/C12H16Cl2N2O/c1-8-5-11(13)10(12(14)15-8)6-16-4-2-3-9(16)7-17/h5,9,17H,2-4,6-7H2,1H3/t9-/m1/s1. The molecular formula is C12H16Cl2N2O. The number of hydrogen-bond donors (Lipinski definition) is 1. The molecular weight excluding hydrogens is 259 g/mol. The maximum Gasteiger partial charge on any atom is 0.135 e. The lowest BCUT2D eigenvalue weighted by molar-refractivity contribution is 0.153. The Labute approximate surface area is 111 Å². The number of pyridine rings is 1. The van der Waals surface area contributed by atoms with E-state index in [1.54, 1.807) is 0 Å². The van der Waals surface area contributed by atoms with Crippen LogP contribution >= 0.6 is 23.2 Å². The molecule has 0 bridgehead atoms. The molecule has 0 aliphatic carbocycles. The number of aromatic nitrogens is 1. The molecule has 1 saturated heterocycles. The van der Waals surface area contributed by atoms with E-state index in [1.807, 2.05) is 13.0 Å². The van der Waals surface area contributed by atoms with E-state index < -0.39 is 0 Å². The third kappa shape index (κ3) is 2.91. The van der Waals surface area contributed by atoms with Gasteiger partial charge in [0.15, 0.2) is 0 Å². The lowest BCUT2D eigenvalue weighted by Gasteiger charge is -2.23. The van der Waals surface area contributed by atoms with Gasteiger partial charge < -0.3 is 5.11 Å². The van der Waals surface area contributed by atoms with Crippen molar-refractivity contribution in [3.8, 4) is 0 Å². The van der Waals surface area contributed by atoms with Gasteiger partial charge in [-0.3, -0.25) is 4.90 Å². The number of aliphatic hydroxyl groups is 1. The van der Waals surface area contributed by atoms with Crippen molar-refractivity contribution in [3.63, 3.8) is 0 Å². The summed E-state index contributed by atoms with van der Waals surface area (Å²) in [5.74, 6) is 0. The molecule has 1 fully saturated rings. The molecule has 0 aromatic carbocycles. The van der Waals surface area contributed by atoms with E-state index in [9.17, 15) is 5.11 Å². The highest BCUT2D eigenvalue weighted by Crippen LogP contribution is 2.28. The van der Waals surface area contributed by atoms with Crippen LogP contribution < -0.4 is 0 Å². The van der Waals surface area contributed by atoms with E-state index in [2.05, 4.69) is 9.88 Å². The highest BCUT2D eigenvalue weighted by atomic mass is 35.5. The van der Waals surface area contributed by atoms with Crippen LogP contribution in [0.4, 0.5) is 0 Å². The summed E-state index contributed by atoms with van der Waals surface area (Å²) in [6.45, 7) is 3.70. The van der Waals surface area contributed by atoms with E-state index in [0.717, 1.165) is 30.6 Å². The van der Waals surface area contributed by atoms with Crippen molar-refractivity contribution in [2.24, 2.45) is 0 Å². The average molecular weight is 275 g/mol. The Morgan fingerprint density at radius 3 is 2.94 bits per heavy atom. The third-order valence-corrected chi connectivity index (χ3v) is 3.87. The van der Waals surface area contributed by atoms with Crippen molar-refractivity contribution in [1.29, 1.82) is 0 Å². The smallest absolute Gasteiger partial charge is 0.135 e. The minimum atomic E-state index is 0.189. The zero-order valence-electron chi connectivity index (χ0n) is 9.79. The van der Waals surface area contributed by atoms with Crippen molar-refractivity contribution >= 4 is 23.2 Å². The van der Waals surface area contributed by atoms with Crippen LogP contribution in [0.1, 0.15) is 24.1 Å². The first-order chi connectivity index (χ1) is 8.11. The molecule has 1 atom stereocenters. The van der Waals surface area contributed by atoms with Gasteiger partial charge in [-0.05, 0) is 32.4 Å². The van der Waals surface area contributed by atoms with Crippen LogP contribution in [0.15, 0.2) is 6.07 Å². The maximum absolute atomic E-state index is 9.27. The molecule has 0 radical (unpaired) electrons. The number of rotatable bonds is 3. The number of likely N-dealkylation sites (tertiary alicyclic amines) is 1. The van der Waals surface area contributed by atoms with Crippen LogP contribution in [0.5, 0.6) is 0 Å². The van der Waals surface area contributed by atoms with Gasteiger partial charge in [-0.15, -0.1) is 0 Å². The van der Waals surface area contributed by atoms with Gasteiger partial charge in [0.25, 0.3) is 0 Å². The predicted molar refractivity (Wildman–Crippen MR) is 69.5 cm³/mol. The summed E-state index contributed by atoms with van der Waals surface area (Å²) in [6.07, 6.45) is 2.14. The average Bonchev–Trinajstić information content (AvgIpc) is 2.70. The molecule has 0 unspecified atom stereocenters. The second-order valence-corrected chi connectivity index (χ2v) is 5.23. The predicted octanol–water partition coefficient (Wildman–Crippen LogP) is 2.65. The summed E-state index contributed by atoms with van der Waals surface area (Å²) in [4.78, 5) is 6.43. The molecule has 2 heterocycles. The Morgan fingerprint density at radius 2 is 2.29 bits per heavy atom. The number of aliphatic hydroxyl groups excluding tert-OH is 1. The molecule has 0 saturated carbocycles. The van der Waals surface area contributed by atoms with Crippen molar-refractivity contribution in [1.82, 2.24) is 9.88 Å². The summed E-state index contributed by atoms with van der Waals surface area (Å²) in [7, 11) is 0. The number of halogens is 2. The van der Waals surface area contributed by atoms with Crippen LogP contribution in [-0.4, -0.2) is 34.2 Å². The summed E-state index contributed by atoms with van der Waals surface area (Å²) in [6, 6.07) is 2.05. The van der Waals surface area contributed by atoms with E-state index in [1.165, 1.54) is 0 Å². The minimum Gasteiger partial charge on any atom is -0.395 e. The first-order valence-electron chi connectivity index (χ1n) is 5.78. The summed E-state index contributed by atoms with van der Waals surface area (Å²) >= 11 is 12.3. The van der Waals surface area contributed by atoms with Crippen molar-refractivity contribution in [2.45, 2.75) is 32.4 Å². The molecule has 17 heavy (non-hydrogen) atoms. The molecule has 1 N–H and O–H groups in total. The van der Waals surface area contributed by atoms with E-state index in [4.69, 9.17) is 23.2 Å². The topological polar surface area (TPSA) is 36.4 Å². The Bertz CT molecular complexity index is 388. The first-order valence-corrected chi connectivity index (χ1v) is 6.54. The van der Waals surface area contributed by atoms with Crippen LogP contribution in [-0.2, 0) is 6.54 Å². The van der Waals surface area contributed by atoms with Crippen LogP contribution in [0.2, 0.25) is 10.2 Å². The zero-order valence-corrected chi connectivity index (χ0v) is 11.3. The fourth-order valence-electron chi connectivity index (χ4n) is 2.28. The number of nitrogens with zero attached hydrogens (tertiary/aromatic N) is 2. The highest BCUT2D eigenvalue weighted by Gasteiger charge is 2.25. The summed E-state index contributed by atoms with van der Waals surface area (Å²) in [5.41, 5.74) is 1.68. The molecule has 0 amide bonds. The highest BCUT2D eigenvalue weighted by molar-refractivity contribution is 6.35. The van der Waals surface area contributed by atoms with Gasteiger partial charge >= 0.3 is 0 Å². The summed E-state index contributed by atoms with van der Waals surface area (Å²) in [5, 5.41) is 10.4. The van der Waals surface area contributed by atoms with E-state index >= 15 is 0 Å². The van der Waals surface area contributed by atoms with E-state index in [0.29, 0.717) is 16.7 Å². The molecule has 1 aliphatic heterocycles. The van der Waals surface area contributed by atoms with E-state index in [-0.39, 0.29) is 12.6 Å². The Morgan fingerprint density at radius 1 is 1.53 bits per heavy atom. The van der Waals surface area contributed by atoms with Crippen molar-refractivity contribution in [2.75, 3.05) is 13.2 Å². The SMILES string of the molecule is Cc1cc(Cl)c(CN2CCC[C@@H]2CO)c(Cl)n1. The summed E-state index contributed by atoms with van der Waals surface area (Å²) < 4.78 is 0. The Hall–Kier alpha value is -0.350. The van der Waals surface area contributed by atoms with Crippen LogP contribution in [0.25, 0.3) is 0 Å². The van der Waals surface area contributed by atoms with Gasteiger partial charge in [0.2, 0.25) is 0 Å². The van der Waals surface area contributed by atoms with Gasteiger partial charge in [0.05, 0.1) is 6.61 Å². The first kappa shape index (κ1) is 13.1. The van der Waals surface area contributed by atoms with Gasteiger partial charge in [-0.2, -0.15) is 0 Å². The van der Waals surface area contributed by atoms with Crippen molar-refractivity contribution < 1.29 is 5.11 Å². The fourth-order valence-corrected chi connectivity index (χ4v) is 2.93. The number of hydrogen-bond acceptors (Lipinski definition) is 3. The lowest BCUT2D eigenvalue weighted by Crippen LogP contribution is -2.31. The van der Waals surface area contributed by atoms with Crippen LogP contribution in [0.3, 0.4) is 0 Å². The molecule has 2 rings (SSSR count). The van der Waals surface area contributed by atoms with Gasteiger partial charge in [-0.1, -0.05) is 23.2 Å². The molecule has 5 heteroatoms. The quantitative estimate of drug-likeness (QED) is 0.861. The zero-order chi connectivity index (χ0) is 12.4. The molecule has 3 nitrogen and oxygen atoms in total. The second-order valence-electron chi connectivity index (χ2n) is 4.46. The lowest BCUT2D eigenvalue weighted by atomic mass is 10.2. The minimum absolute atomic E-state index is 0.189. The van der Waals surface area contributed by atoms with Crippen LogP contribution in [0, 0.1) is 6.92 Å². The largest absolute Gasteiger partial charge is 0.395 e. The molecule has 1 aromatic heterocycles. The normalized spacial score (nSPS) is 21.1. The fraction of sp³-hybridized carbons (Fsp3) is 0.583. The van der Waals surface area contributed by atoms with Gasteiger partial charge in [-0.25, -0.2) is 4.98 Å².